The largest absolute Gasteiger partial charge is 0.497 e. The molecule has 1 atom stereocenters. The van der Waals surface area contributed by atoms with E-state index in [4.69, 9.17) is 16.3 Å². The third kappa shape index (κ3) is 4.96. The van der Waals surface area contributed by atoms with Crippen molar-refractivity contribution in [3.05, 3.63) is 29.8 Å². The average molecular weight is 270 g/mol. The van der Waals surface area contributed by atoms with Crippen molar-refractivity contribution in [2.45, 2.75) is 19.8 Å². The van der Waals surface area contributed by atoms with Gasteiger partial charge < -0.3 is 10.1 Å². The van der Waals surface area contributed by atoms with E-state index in [1.54, 1.807) is 31.4 Å². The molecule has 1 rings (SSSR count). The number of benzene rings is 1. The highest BCUT2D eigenvalue weighted by Gasteiger charge is 2.05. The van der Waals surface area contributed by atoms with Crippen LogP contribution in [0.15, 0.2) is 24.3 Å². The molecule has 18 heavy (non-hydrogen) atoms. The van der Waals surface area contributed by atoms with Crippen LogP contribution in [0.1, 0.15) is 30.1 Å². The van der Waals surface area contributed by atoms with Crippen LogP contribution in [-0.4, -0.2) is 25.4 Å². The van der Waals surface area contributed by atoms with Crippen LogP contribution in [0.25, 0.3) is 0 Å². The van der Waals surface area contributed by atoms with E-state index in [1.165, 1.54) is 0 Å². The monoisotopic (exact) mass is 269 g/mol. The summed E-state index contributed by atoms with van der Waals surface area (Å²) in [7, 11) is 1.60. The standard InChI is InChI=1S/C14H20ClNO2/c1-11(10-15)4-3-9-16-14(17)12-5-7-13(18-2)8-6-12/h5-8,11H,3-4,9-10H2,1-2H3,(H,16,17). The maximum absolute atomic E-state index is 11.8. The highest BCUT2D eigenvalue weighted by atomic mass is 35.5. The summed E-state index contributed by atoms with van der Waals surface area (Å²) in [5.41, 5.74) is 0.654. The van der Waals surface area contributed by atoms with Gasteiger partial charge in [-0.25, -0.2) is 0 Å². The van der Waals surface area contributed by atoms with Crippen LogP contribution < -0.4 is 10.1 Å². The Balaban J connectivity index is 2.31. The SMILES string of the molecule is COc1ccc(C(=O)NCCCC(C)CCl)cc1. The van der Waals surface area contributed by atoms with Crippen molar-refractivity contribution < 1.29 is 9.53 Å². The molecular formula is C14H20ClNO2. The third-order valence-electron chi connectivity index (χ3n) is 2.77. The number of halogens is 1. The average Bonchev–Trinajstić information content (AvgIpc) is 2.43. The van der Waals surface area contributed by atoms with E-state index in [2.05, 4.69) is 12.2 Å². The number of rotatable bonds is 7. The Kier molecular flexibility index (Phi) is 6.58. The minimum absolute atomic E-state index is 0.0452. The Labute approximate surface area is 113 Å². The quantitative estimate of drug-likeness (QED) is 0.610. The van der Waals surface area contributed by atoms with Crippen molar-refractivity contribution in [1.29, 1.82) is 0 Å². The molecule has 0 saturated heterocycles. The second-order valence-corrected chi connectivity index (χ2v) is 4.69. The molecule has 0 aromatic heterocycles. The zero-order chi connectivity index (χ0) is 13.4. The number of hydrogen-bond acceptors (Lipinski definition) is 2. The van der Waals surface area contributed by atoms with Crippen molar-refractivity contribution in [1.82, 2.24) is 5.32 Å². The zero-order valence-electron chi connectivity index (χ0n) is 10.9. The van der Waals surface area contributed by atoms with Crippen LogP contribution in [0, 0.1) is 5.92 Å². The molecule has 0 saturated carbocycles. The molecular weight excluding hydrogens is 250 g/mol. The number of methoxy groups -OCH3 is 1. The molecule has 0 fully saturated rings. The summed E-state index contributed by atoms with van der Waals surface area (Å²) in [5.74, 6) is 1.88. The Hall–Kier alpha value is -1.22. The fourth-order valence-electron chi connectivity index (χ4n) is 1.57. The molecule has 4 heteroatoms. The van der Waals surface area contributed by atoms with Gasteiger partial charge in [0.2, 0.25) is 0 Å². The van der Waals surface area contributed by atoms with Gasteiger partial charge in [0.15, 0.2) is 0 Å². The first-order chi connectivity index (χ1) is 8.67. The molecule has 0 heterocycles. The van der Waals surface area contributed by atoms with Crippen molar-refractivity contribution in [2.24, 2.45) is 5.92 Å². The van der Waals surface area contributed by atoms with Gasteiger partial charge in [-0.1, -0.05) is 6.92 Å². The molecule has 0 aliphatic rings. The normalized spacial score (nSPS) is 11.9. The topological polar surface area (TPSA) is 38.3 Å². The first kappa shape index (κ1) is 14.8. The molecule has 0 spiro atoms. The summed E-state index contributed by atoms with van der Waals surface area (Å²) in [6.07, 6.45) is 1.99. The summed E-state index contributed by atoms with van der Waals surface area (Å²) in [6, 6.07) is 7.08. The highest BCUT2D eigenvalue weighted by Crippen LogP contribution is 2.11. The van der Waals surface area contributed by atoms with Gasteiger partial charge in [0.1, 0.15) is 5.75 Å². The lowest BCUT2D eigenvalue weighted by Gasteiger charge is -2.08. The molecule has 100 valence electrons. The van der Waals surface area contributed by atoms with Gasteiger partial charge in [-0.2, -0.15) is 0 Å². The molecule has 0 radical (unpaired) electrons. The number of carbonyl (C=O) groups excluding carboxylic acids is 1. The fraction of sp³-hybridized carbons (Fsp3) is 0.500. The lowest BCUT2D eigenvalue weighted by Crippen LogP contribution is -2.24. The first-order valence-corrected chi connectivity index (χ1v) is 6.69. The molecule has 1 aromatic carbocycles. The number of nitrogens with one attached hydrogen (secondary N) is 1. The van der Waals surface area contributed by atoms with E-state index < -0.39 is 0 Å². The maximum atomic E-state index is 11.8. The van der Waals surface area contributed by atoms with Gasteiger partial charge in [0.05, 0.1) is 7.11 Å². The zero-order valence-corrected chi connectivity index (χ0v) is 11.7. The highest BCUT2D eigenvalue weighted by molar-refractivity contribution is 6.18. The lowest BCUT2D eigenvalue weighted by atomic mass is 10.1. The summed E-state index contributed by atoms with van der Waals surface area (Å²) in [5, 5.41) is 2.89. The Morgan fingerprint density at radius 2 is 2.06 bits per heavy atom. The second-order valence-electron chi connectivity index (χ2n) is 4.39. The van der Waals surface area contributed by atoms with Gasteiger partial charge >= 0.3 is 0 Å². The lowest BCUT2D eigenvalue weighted by molar-refractivity contribution is 0.0952. The van der Waals surface area contributed by atoms with Crippen LogP contribution in [-0.2, 0) is 0 Å². The van der Waals surface area contributed by atoms with Gasteiger partial charge in [0.25, 0.3) is 5.91 Å². The fourth-order valence-corrected chi connectivity index (χ4v) is 1.73. The van der Waals surface area contributed by atoms with E-state index >= 15 is 0 Å². The molecule has 1 amide bonds. The Morgan fingerprint density at radius 3 is 2.61 bits per heavy atom. The first-order valence-electron chi connectivity index (χ1n) is 6.15. The number of hydrogen-bond donors (Lipinski definition) is 1. The Morgan fingerprint density at radius 1 is 1.39 bits per heavy atom. The van der Waals surface area contributed by atoms with Gasteiger partial charge in [-0.05, 0) is 43.0 Å². The molecule has 0 bridgehead atoms. The van der Waals surface area contributed by atoms with Gasteiger partial charge in [-0.3, -0.25) is 4.79 Å². The summed E-state index contributed by atoms with van der Waals surface area (Å²) < 4.78 is 5.04. The predicted octanol–water partition coefficient (Wildman–Crippen LogP) is 3.08. The van der Waals surface area contributed by atoms with Crippen LogP contribution in [0.2, 0.25) is 0 Å². The van der Waals surface area contributed by atoms with E-state index in [9.17, 15) is 4.79 Å². The third-order valence-corrected chi connectivity index (χ3v) is 3.30. The number of carbonyl (C=O) groups is 1. The maximum Gasteiger partial charge on any atom is 0.251 e. The Bertz CT molecular complexity index is 365. The minimum atomic E-state index is -0.0452. The van der Waals surface area contributed by atoms with Crippen molar-refractivity contribution >= 4 is 17.5 Å². The molecule has 0 aliphatic carbocycles. The molecule has 0 aliphatic heterocycles. The molecule has 3 nitrogen and oxygen atoms in total. The van der Waals surface area contributed by atoms with E-state index in [0.29, 0.717) is 23.9 Å². The predicted molar refractivity (Wildman–Crippen MR) is 74.4 cm³/mol. The van der Waals surface area contributed by atoms with E-state index in [1.807, 2.05) is 0 Å². The van der Waals surface area contributed by atoms with Crippen molar-refractivity contribution in [3.63, 3.8) is 0 Å². The van der Waals surface area contributed by atoms with Gasteiger partial charge in [-0.15, -0.1) is 11.6 Å². The number of ether oxygens (including phenoxy) is 1. The summed E-state index contributed by atoms with van der Waals surface area (Å²) in [4.78, 5) is 11.8. The van der Waals surface area contributed by atoms with E-state index in [-0.39, 0.29) is 5.91 Å². The minimum Gasteiger partial charge on any atom is -0.497 e. The summed E-state index contributed by atoms with van der Waals surface area (Å²) in [6.45, 7) is 2.80. The van der Waals surface area contributed by atoms with E-state index in [0.717, 1.165) is 18.6 Å². The second kappa shape index (κ2) is 7.98. The number of amides is 1. The van der Waals surface area contributed by atoms with Crippen LogP contribution in [0.4, 0.5) is 0 Å². The van der Waals surface area contributed by atoms with Crippen molar-refractivity contribution in [2.75, 3.05) is 19.5 Å². The molecule has 1 unspecified atom stereocenters. The van der Waals surface area contributed by atoms with Crippen LogP contribution >= 0.6 is 11.6 Å². The summed E-state index contributed by atoms with van der Waals surface area (Å²) >= 11 is 5.72. The van der Waals surface area contributed by atoms with Gasteiger partial charge in [0, 0.05) is 18.0 Å². The molecule has 1 N–H and O–H groups in total. The smallest absolute Gasteiger partial charge is 0.251 e. The van der Waals surface area contributed by atoms with Crippen LogP contribution in [0.5, 0.6) is 5.75 Å². The van der Waals surface area contributed by atoms with Crippen LogP contribution in [0.3, 0.4) is 0 Å². The molecule has 1 aromatic rings. The van der Waals surface area contributed by atoms with Crippen molar-refractivity contribution in [3.8, 4) is 5.75 Å². The number of alkyl halides is 1.